The van der Waals surface area contributed by atoms with Crippen molar-refractivity contribution in [3.63, 3.8) is 0 Å². The number of hydrogen-bond donors (Lipinski definition) is 1. The van der Waals surface area contributed by atoms with Gasteiger partial charge < -0.3 is 5.73 Å². The average Bonchev–Trinajstić information content (AvgIpc) is 2.93. The van der Waals surface area contributed by atoms with Crippen LogP contribution in [0.15, 0.2) is 23.1 Å². The fraction of sp³-hybridized carbons (Fsp3) is 0.600. The summed E-state index contributed by atoms with van der Waals surface area (Å²) in [5, 5.41) is 0. The van der Waals surface area contributed by atoms with Crippen LogP contribution in [0.5, 0.6) is 0 Å². The van der Waals surface area contributed by atoms with E-state index in [0.717, 1.165) is 23.4 Å². The normalized spacial score (nSPS) is 31.0. The maximum atomic E-state index is 5.95. The number of rotatable bonds is 3. The predicted molar refractivity (Wildman–Crippen MR) is 75.3 cm³/mol. The molecule has 2 saturated carbocycles. The Morgan fingerprint density at radius 1 is 1.29 bits per heavy atom. The van der Waals surface area contributed by atoms with E-state index in [0.29, 0.717) is 0 Å². The summed E-state index contributed by atoms with van der Waals surface area (Å²) in [6.07, 6.45) is 6.00. The second-order valence-corrected chi connectivity index (χ2v) is 6.78. The standard InChI is InChI=1S/C15H21NS/c1-10-14(16)3-2-4-15(10)17-9-13-8-11-5-6-12(13)7-11/h2-4,11-13H,5-9,16H2,1H3. The van der Waals surface area contributed by atoms with Gasteiger partial charge in [-0.25, -0.2) is 0 Å². The maximum absolute atomic E-state index is 5.95. The van der Waals surface area contributed by atoms with Crippen molar-refractivity contribution in [3.05, 3.63) is 23.8 Å². The quantitative estimate of drug-likeness (QED) is 0.642. The van der Waals surface area contributed by atoms with Crippen molar-refractivity contribution in [2.75, 3.05) is 11.5 Å². The van der Waals surface area contributed by atoms with E-state index < -0.39 is 0 Å². The van der Waals surface area contributed by atoms with E-state index >= 15 is 0 Å². The van der Waals surface area contributed by atoms with Crippen LogP contribution in [-0.4, -0.2) is 5.75 Å². The SMILES string of the molecule is Cc1c(N)cccc1SCC1CC2CCC1C2. The van der Waals surface area contributed by atoms with Crippen LogP contribution >= 0.6 is 11.8 Å². The number of nitrogens with two attached hydrogens (primary N) is 1. The Bertz CT molecular complexity index is 415. The van der Waals surface area contributed by atoms with Gasteiger partial charge in [-0.2, -0.15) is 0 Å². The first-order valence-corrected chi connectivity index (χ1v) is 7.70. The Balaban J connectivity index is 1.62. The van der Waals surface area contributed by atoms with Crippen molar-refractivity contribution in [2.45, 2.75) is 37.5 Å². The molecule has 1 aromatic carbocycles. The fourth-order valence-electron chi connectivity index (χ4n) is 3.57. The molecule has 3 atom stereocenters. The first kappa shape index (κ1) is 11.5. The molecule has 1 nitrogen and oxygen atoms in total. The zero-order valence-corrected chi connectivity index (χ0v) is 11.3. The molecular formula is C15H21NS. The summed E-state index contributed by atoms with van der Waals surface area (Å²) in [4.78, 5) is 1.38. The number of thioether (sulfide) groups is 1. The third kappa shape index (κ3) is 2.20. The van der Waals surface area contributed by atoms with Crippen LogP contribution in [-0.2, 0) is 0 Å². The Hall–Kier alpha value is -0.630. The number of anilines is 1. The third-order valence-electron chi connectivity index (χ3n) is 4.66. The largest absolute Gasteiger partial charge is 0.398 e. The molecule has 0 saturated heterocycles. The van der Waals surface area contributed by atoms with Gasteiger partial charge in [-0.1, -0.05) is 12.5 Å². The number of benzene rings is 1. The first-order valence-electron chi connectivity index (χ1n) is 6.72. The topological polar surface area (TPSA) is 26.0 Å². The molecular weight excluding hydrogens is 226 g/mol. The highest BCUT2D eigenvalue weighted by Gasteiger charge is 2.39. The highest BCUT2D eigenvalue weighted by atomic mass is 32.2. The highest BCUT2D eigenvalue weighted by Crippen LogP contribution is 2.49. The number of nitrogen functional groups attached to an aromatic ring is 1. The van der Waals surface area contributed by atoms with Crippen molar-refractivity contribution in [3.8, 4) is 0 Å². The number of hydrogen-bond acceptors (Lipinski definition) is 2. The van der Waals surface area contributed by atoms with Crippen molar-refractivity contribution in [2.24, 2.45) is 17.8 Å². The molecule has 0 spiro atoms. The lowest BCUT2D eigenvalue weighted by atomic mass is 9.90. The Labute approximate surface area is 108 Å². The van der Waals surface area contributed by atoms with Crippen molar-refractivity contribution >= 4 is 17.4 Å². The van der Waals surface area contributed by atoms with Crippen LogP contribution in [0, 0.1) is 24.7 Å². The lowest BCUT2D eigenvalue weighted by Crippen LogP contribution is -2.12. The lowest BCUT2D eigenvalue weighted by molar-refractivity contribution is 0.365. The van der Waals surface area contributed by atoms with Crippen LogP contribution in [0.3, 0.4) is 0 Å². The van der Waals surface area contributed by atoms with Crippen LogP contribution < -0.4 is 5.73 Å². The van der Waals surface area contributed by atoms with Crippen molar-refractivity contribution < 1.29 is 0 Å². The monoisotopic (exact) mass is 247 g/mol. The minimum Gasteiger partial charge on any atom is -0.398 e. The van der Waals surface area contributed by atoms with Gasteiger partial charge in [0.25, 0.3) is 0 Å². The van der Waals surface area contributed by atoms with Crippen LogP contribution in [0.2, 0.25) is 0 Å². The van der Waals surface area contributed by atoms with E-state index in [9.17, 15) is 0 Å². The second-order valence-electron chi connectivity index (χ2n) is 5.72. The number of fused-ring (bicyclic) bond motifs is 2. The molecule has 0 radical (unpaired) electrons. The molecule has 2 aliphatic rings. The summed E-state index contributed by atoms with van der Waals surface area (Å²) in [6, 6.07) is 6.28. The van der Waals surface area contributed by atoms with Gasteiger partial charge >= 0.3 is 0 Å². The summed E-state index contributed by atoms with van der Waals surface area (Å²) in [6.45, 7) is 2.14. The Morgan fingerprint density at radius 3 is 2.88 bits per heavy atom. The van der Waals surface area contributed by atoms with E-state index in [1.54, 1.807) is 0 Å². The molecule has 0 aromatic heterocycles. The van der Waals surface area contributed by atoms with Gasteiger partial charge in [0, 0.05) is 16.3 Å². The van der Waals surface area contributed by atoms with Crippen LogP contribution in [0.4, 0.5) is 5.69 Å². The van der Waals surface area contributed by atoms with Gasteiger partial charge in [-0.15, -0.1) is 11.8 Å². The zero-order valence-electron chi connectivity index (χ0n) is 10.5. The lowest BCUT2D eigenvalue weighted by Gasteiger charge is -2.21. The molecule has 92 valence electrons. The highest BCUT2D eigenvalue weighted by molar-refractivity contribution is 7.99. The van der Waals surface area contributed by atoms with Crippen LogP contribution in [0.25, 0.3) is 0 Å². The van der Waals surface area contributed by atoms with E-state index in [1.807, 2.05) is 17.8 Å². The molecule has 0 heterocycles. The summed E-state index contributed by atoms with van der Waals surface area (Å²) < 4.78 is 0. The molecule has 2 aliphatic carbocycles. The average molecular weight is 247 g/mol. The van der Waals surface area contributed by atoms with Crippen LogP contribution in [0.1, 0.15) is 31.2 Å². The smallest absolute Gasteiger partial charge is 0.0354 e. The van der Waals surface area contributed by atoms with Gasteiger partial charge in [-0.05, 0) is 61.6 Å². The maximum Gasteiger partial charge on any atom is 0.0354 e. The molecule has 1 aromatic rings. The molecule has 3 rings (SSSR count). The molecule has 2 fully saturated rings. The summed E-state index contributed by atoms with van der Waals surface area (Å²) in [7, 11) is 0. The minimum absolute atomic E-state index is 0.933. The van der Waals surface area contributed by atoms with Crippen molar-refractivity contribution in [1.29, 1.82) is 0 Å². The van der Waals surface area contributed by atoms with E-state index in [1.165, 1.54) is 41.9 Å². The first-order chi connectivity index (χ1) is 8.24. The van der Waals surface area contributed by atoms with Crippen molar-refractivity contribution in [1.82, 2.24) is 0 Å². The molecule has 2 bridgehead atoms. The molecule has 3 unspecified atom stereocenters. The van der Waals surface area contributed by atoms with Gasteiger partial charge in [0.2, 0.25) is 0 Å². The fourth-order valence-corrected chi connectivity index (χ4v) is 4.88. The van der Waals surface area contributed by atoms with Gasteiger partial charge in [0.15, 0.2) is 0 Å². The summed E-state index contributed by atoms with van der Waals surface area (Å²) in [5.74, 6) is 4.37. The molecule has 2 heteroatoms. The molecule has 0 amide bonds. The van der Waals surface area contributed by atoms with Gasteiger partial charge in [-0.3, -0.25) is 0 Å². The van der Waals surface area contributed by atoms with Gasteiger partial charge in [0.1, 0.15) is 0 Å². The Kier molecular flexibility index (Phi) is 3.08. The molecule has 17 heavy (non-hydrogen) atoms. The predicted octanol–water partition coefficient (Wildman–Crippen LogP) is 4.11. The second kappa shape index (κ2) is 4.56. The minimum atomic E-state index is 0.933. The molecule has 2 N–H and O–H groups in total. The zero-order chi connectivity index (χ0) is 11.8. The van der Waals surface area contributed by atoms with E-state index in [4.69, 9.17) is 5.73 Å². The molecule has 0 aliphatic heterocycles. The summed E-state index contributed by atoms with van der Waals surface area (Å²) >= 11 is 2.02. The van der Waals surface area contributed by atoms with Gasteiger partial charge in [0.05, 0.1) is 0 Å². The van der Waals surface area contributed by atoms with E-state index in [2.05, 4.69) is 19.1 Å². The third-order valence-corrected chi connectivity index (χ3v) is 6.01. The van der Waals surface area contributed by atoms with E-state index in [-0.39, 0.29) is 0 Å². The summed E-state index contributed by atoms with van der Waals surface area (Å²) in [5.41, 5.74) is 8.15. The Morgan fingerprint density at radius 2 is 2.18 bits per heavy atom.